The number of nitrogens with two attached hydrogens (primary N) is 2. The zero-order chi connectivity index (χ0) is 15.4. The molecule has 7 nitrogen and oxygen atoms in total. The van der Waals surface area contributed by atoms with Crippen LogP contribution < -0.4 is 15.6 Å². The molecule has 0 aliphatic heterocycles. The van der Waals surface area contributed by atoms with Crippen molar-refractivity contribution >= 4 is 31.6 Å². The van der Waals surface area contributed by atoms with Crippen molar-refractivity contribution in [3.05, 3.63) is 28.8 Å². The van der Waals surface area contributed by atoms with Gasteiger partial charge < -0.3 is 5.73 Å². The Bertz CT molecular complexity index is 674. The lowest BCUT2D eigenvalue weighted by atomic mass is 10.2. The lowest BCUT2D eigenvalue weighted by Gasteiger charge is -2.09. The van der Waals surface area contributed by atoms with Crippen molar-refractivity contribution in [2.24, 2.45) is 10.9 Å². The zero-order valence-electron chi connectivity index (χ0n) is 10.5. The van der Waals surface area contributed by atoms with Gasteiger partial charge in [-0.05, 0) is 24.1 Å². The third-order valence-electron chi connectivity index (χ3n) is 2.42. The highest BCUT2D eigenvalue weighted by atomic mass is 35.5. The minimum absolute atomic E-state index is 0.0479. The number of rotatable bonds is 7. The highest BCUT2D eigenvalue weighted by molar-refractivity contribution is 7.89. The standard InChI is InChI=1S/C10H16ClN3O4S2/c11-9-6-8(7-12)2-3-10(9)20(17,18)14-4-1-5-19(13,15)16/h2-3,6,14H,1,4-5,7,12H2,(H2,13,15,16). The number of primary sulfonamides is 1. The quantitative estimate of drug-likeness (QED) is 0.588. The van der Waals surface area contributed by atoms with E-state index in [1.165, 1.54) is 12.1 Å². The van der Waals surface area contributed by atoms with Crippen LogP contribution in [-0.4, -0.2) is 29.1 Å². The summed E-state index contributed by atoms with van der Waals surface area (Å²) < 4.78 is 47.6. The number of halogens is 1. The van der Waals surface area contributed by atoms with Gasteiger partial charge in [0.05, 0.1) is 10.8 Å². The second-order valence-corrected chi connectivity index (χ2v) is 7.96. The summed E-state index contributed by atoms with van der Waals surface area (Å²) in [5.41, 5.74) is 6.14. The Balaban J connectivity index is 2.74. The summed E-state index contributed by atoms with van der Waals surface area (Å²) >= 11 is 5.89. The molecule has 0 saturated carbocycles. The number of hydrogen-bond donors (Lipinski definition) is 3. The first-order chi connectivity index (χ1) is 9.15. The van der Waals surface area contributed by atoms with Crippen molar-refractivity contribution in [3.8, 4) is 0 Å². The minimum atomic E-state index is -3.79. The molecule has 0 amide bonds. The average molecular weight is 342 g/mol. The van der Waals surface area contributed by atoms with E-state index in [0.717, 1.165) is 0 Å². The summed E-state index contributed by atoms with van der Waals surface area (Å²) in [7, 11) is -7.39. The Morgan fingerprint density at radius 3 is 2.35 bits per heavy atom. The van der Waals surface area contributed by atoms with Gasteiger partial charge >= 0.3 is 0 Å². The molecule has 1 rings (SSSR count). The number of benzene rings is 1. The Labute approximate surface area is 123 Å². The van der Waals surface area contributed by atoms with Gasteiger partial charge in [-0.25, -0.2) is 26.7 Å². The van der Waals surface area contributed by atoms with E-state index >= 15 is 0 Å². The van der Waals surface area contributed by atoms with Crippen LogP contribution in [0.3, 0.4) is 0 Å². The molecule has 0 fully saturated rings. The third-order valence-corrected chi connectivity index (χ3v) is 5.22. The van der Waals surface area contributed by atoms with E-state index in [-0.39, 0.29) is 35.2 Å². The SMILES string of the molecule is NCc1ccc(S(=O)(=O)NCCCS(N)(=O)=O)c(Cl)c1. The fraction of sp³-hybridized carbons (Fsp3) is 0.400. The van der Waals surface area contributed by atoms with Crippen molar-refractivity contribution in [1.29, 1.82) is 0 Å². The monoisotopic (exact) mass is 341 g/mol. The molecule has 0 spiro atoms. The largest absolute Gasteiger partial charge is 0.326 e. The Morgan fingerprint density at radius 2 is 1.85 bits per heavy atom. The molecule has 114 valence electrons. The molecular weight excluding hydrogens is 326 g/mol. The summed E-state index contributed by atoms with van der Waals surface area (Å²) in [5, 5.41) is 4.88. The van der Waals surface area contributed by atoms with E-state index in [2.05, 4.69) is 4.72 Å². The van der Waals surface area contributed by atoms with E-state index in [9.17, 15) is 16.8 Å². The number of nitrogens with one attached hydrogen (secondary N) is 1. The van der Waals surface area contributed by atoms with Crippen LogP contribution in [0, 0.1) is 0 Å². The van der Waals surface area contributed by atoms with Crippen LogP contribution in [0.5, 0.6) is 0 Å². The predicted molar refractivity (Wildman–Crippen MR) is 77.1 cm³/mol. The molecule has 0 heterocycles. The molecule has 1 aromatic carbocycles. The molecule has 0 atom stereocenters. The van der Waals surface area contributed by atoms with Crippen LogP contribution in [-0.2, 0) is 26.6 Å². The summed E-state index contributed by atoms with van der Waals surface area (Å²) in [6.45, 7) is 0.204. The second-order valence-electron chi connectivity index (χ2n) is 4.09. The van der Waals surface area contributed by atoms with Gasteiger partial charge in [-0.1, -0.05) is 17.7 Å². The van der Waals surface area contributed by atoms with Crippen LogP contribution in [0.25, 0.3) is 0 Å². The van der Waals surface area contributed by atoms with Gasteiger partial charge in [-0.3, -0.25) is 0 Å². The Kier molecular flexibility index (Phi) is 5.92. The van der Waals surface area contributed by atoms with E-state index in [1.54, 1.807) is 6.07 Å². The molecule has 0 unspecified atom stereocenters. The van der Waals surface area contributed by atoms with Crippen LogP contribution in [0.4, 0.5) is 0 Å². The Hall–Kier alpha value is -0.710. The molecular formula is C10H16ClN3O4S2. The van der Waals surface area contributed by atoms with Gasteiger partial charge in [-0.15, -0.1) is 0 Å². The first-order valence-electron chi connectivity index (χ1n) is 5.64. The normalized spacial score (nSPS) is 12.6. The van der Waals surface area contributed by atoms with Gasteiger partial charge in [-0.2, -0.15) is 0 Å². The van der Waals surface area contributed by atoms with Crippen molar-refractivity contribution in [2.45, 2.75) is 17.9 Å². The van der Waals surface area contributed by atoms with Gasteiger partial charge in [0, 0.05) is 13.1 Å². The average Bonchev–Trinajstić information content (AvgIpc) is 2.33. The molecule has 10 heteroatoms. The molecule has 1 aromatic rings. The fourth-order valence-electron chi connectivity index (χ4n) is 1.45. The van der Waals surface area contributed by atoms with Crippen LogP contribution in [0.1, 0.15) is 12.0 Å². The summed E-state index contributed by atoms with van der Waals surface area (Å²) in [4.78, 5) is -0.0769. The van der Waals surface area contributed by atoms with Crippen molar-refractivity contribution in [1.82, 2.24) is 4.72 Å². The fourth-order valence-corrected chi connectivity index (χ4v) is 3.63. The summed E-state index contributed by atoms with van der Waals surface area (Å²) in [6, 6.07) is 4.39. The van der Waals surface area contributed by atoms with Crippen molar-refractivity contribution < 1.29 is 16.8 Å². The number of hydrogen-bond acceptors (Lipinski definition) is 5. The molecule has 20 heavy (non-hydrogen) atoms. The topological polar surface area (TPSA) is 132 Å². The molecule has 0 bridgehead atoms. The van der Waals surface area contributed by atoms with E-state index in [4.69, 9.17) is 22.5 Å². The van der Waals surface area contributed by atoms with Gasteiger partial charge in [0.2, 0.25) is 20.0 Å². The van der Waals surface area contributed by atoms with Crippen LogP contribution in [0.2, 0.25) is 5.02 Å². The molecule has 0 radical (unpaired) electrons. The van der Waals surface area contributed by atoms with Crippen LogP contribution in [0.15, 0.2) is 23.1 Å². The maximum absolute atomic E-state index is 12.0. The molecule has 0 aromatic heterocycles. The molecule has 0 aliphatic carbocycles. The maximum Gasteiger partial charge on any atom is 0.242 e. The lowest BCUT2D eigenvalue weighted by Crippen LogP contribution is -2.27. The number of sulfonamides is 2. The third kappa shape index (κ3) is 5.35. The summed E-state index contributed by atoms with van der Waals surface area (Å²) in [6.07, 6.45) is 0.0799. The molecule has 0 aliphatic rings. The van der Waals surface area contributed by atoms with E-state index < -0.39 is 20.0 Å². The van der Waals surface area contributed by atoms with Crippen LogP contribution >= 0.6 is 11.6 Å². The van der Waals surface area contributed by atoms with E-state index in [0.29, 0.717) is 5.56 Å². The predicted octanol–water partition coefficient (Wildman–Crippen LogP) is -0.244. The highest BCUT2D eigenvalue weighted by Gasteiger charge is 2.17. The smallest absolute Gasteiger partial charge is 0.242 e. The molecule has 5 N–H and O–H groups in total. The van der Waals surface area contributed by atoms with Crippen molar-refractivity contribution in [2.75, 3.05) is 12.3 Å². The van der Waals surface area contributed by atoms with Gasteiger partial charge in [0.15, 0.2) is 0 Å². The zero-order valence-corrected chi connectivity index (χ0v) is 12.9. The maximum atomic E-state index is 12.0. The Morgan fingerprint density at radius 1 is 1.20 bits per heavy atom. The van der Waals surface area contributed by atoms with Gasteiger partial charge in [0.25, 0.3) is 0 Å². The molecule has 0 saturated heterocycles. The van der Waals surface area contributed by atoms with E-state index in [1.807, 2.05) is 0 Å². The highest BCUT2D eigenvalue weighted by Crippen LogP contribution is 2.22. The van der Waals surface area contributed by atoms with Gasteiger partial charge in [0.1, 0.15) is 4.90 Å². The van der Waals surface area contributed by atoms with Crippen molar-refractivity contribution in [3.63, 3.8) is 0 Å². The minimum Gasteiger partial charge on any atom is -0.326 e. The first kappa shape index (κ1) is 17.3. The first-order valence-corrected chi connectivity index (χ1v) is 9.22. The second kappa shape index (κ2) is 6.83. The summed E-state index contributed by atoms with van der Waals surface area (Å²) in [5.74, 6) is -0.296. The lowest BCUT2D eigenvalue weighted by molar-refractivity contribution is 0.576.